The van der Waals surface area contributed by atoms with Crippen molar-refractivity contribution >= 4 is 17.7 Å². The van der Waals surface area contributed by atoms with Crippen LogP contribution in [0.25, 0.3) is 0 Å². The molecular formula is C12H12N2O4S. The van der Waals surface area contributed by atoms with Crippen molar-refractivity contribution in [1.82, 2.24) is 10.6 Å². The van der Waals surface area contributed by atoms with E-state index in [2.05, 4.69) is 5.16 Å². The first-order chi connectivity index (χ1) is 9.22. The molecule has 1 amide bonds. The number of hydrogen-bond acceptors (Lipinski definition) is 6. The Balaban J connectivity index is 1.98. The van der Waals surface area contributed by atoms with Gasteiger partial charge in [-0.05, 0) is 18.2 Å². The van der Waals surface area contributed by atoms with Crippen molar-refractivity contribution in [2.75, 3.05) is 7.11 Å². The summed E-state index contributed by atoms with van der Waals surface area (Å²) in [6.07, 6.45) is 0. The van der Waals surface area contributed by atoms with Crippen LogP contribution in [0.1, 0.15) is 16.2 Å². The monoisotopic (exact) mass is 280 g/mol. The van der Waals surface area contributed by atoms with E-state index in [0.29, 0.717) is 11.5 Å². The van der Waals surface area contributed by atoms with E-state index in [9.17, 15) is 4.79 Å². The molecule has 6 nitrogen and oxygen atoms in total. The molecule has 0 aliphatic rings. The standard InChI is InChI=1S/C12H12N2O4S/c1-17-8-3-2-4-10(5-8)19-7-9-6-11(14-18-9)12(15)13-16/h2-6,16H,7H2,1H3,(H,13,15). The Bertz CT molecular complexity index is 570. The van der Waals surface area contributed by atoms with Gasteiger partial charge in [0.25, 0.3) is 5.91 Å². The van der Waals surface area contributed by atoms with Crippen LogP contribution >= 0.6 is 11.8 Å². The van der Waals surface area contributed by atoms with Gasteiger partial charge in [0, 0.05) is 11.0 Å². The molecule has 0 bridgehead atoms. The van der Waals surface area contributed by atoms with Gasteiger partial charge in [0.2, 0.25) is 0 Å². The van der Waals surface area contributed by atoms with E-state index in [-0.39, 0.29) is 5.69 Å². The van der Waals surface area contributed by atoms with Gasteiger partial charge >= 0.3 is 0 Å². The maximum atomic E-state index is 11.1. The van der Waals surface area contributed by atoms with E-state index in [1.165, 1.54) is 23.3 Å². The van der Waals surface area contributed by atoms with Crippen molar-refractivity contribution in [3.63, 3.8) is 0 Å². The Morgan fingerprint density at radius 2 is 2.37 bits per heavy atom. The van der Waals surface area contributed by atoms with Crippen molar-refractivity contribution in [2.24, 2.45) is 0 Å². The van der Waals surface area contributed by atoms with Gasteiger partial charge in [-0.15, -0.1) is 11.8 Å². The fourth-order valence-electron chi connectivity index (χ4n) is 1.39. The van der Waals surface area contributed by atoms with Crippen molar-refractivity contribution in [2.45, 2.75) is 10.6 Å². The largest absolute Gasteiger partial charge is 0.497 e. The molecule has 0 aliphatic heterocycles. The summed E-state index contributed by atoms with van der Waals surface area (Å²) in [6, 6.07) is 9.10. The van der Waals surface area contributed by atoms with Crippen LogP contribution in [-0.4, -0.2) is 23.4 Å². The van der Waals surface area contributed by atoms with E-state index in [0.717, 1.165) is 10.6 Å². The molecule has 0 atom stereocenters. The van der Waals surface area contributed by atoms with Crippen LogP contribution in [-0.2, 0) is 5.75 Å². The average Bonchev–Trinajstić information content (AvgIpc) is 2.93. The van der Waals surface area contributed by atoms with Gasteiger partial charge < -0.3 is 9.26 Å². The summed E-state index contributed by atoms with van der Waals surface area (Å²) in [4.78, 5) is 12.1. The molecule has 0 saturated heterocycles. The van der Waals surface area contributed by atoms with Gasteiger partial charge in [-0.3, -0.25) is 10.0 Å². The molecule has 19 heavy (non-hydrogen) atoms. The number of hydroxylamine groups is 1. The Hall–Kier alpha value is -1.99. The van der Waals surface area contributed by atoms with E-state index in [1.54, 1.807) is 7.11 Å². The number of benzene rings is 1. The average molecular weight is 280 g/mol. The van der Waals surface area contributed by atoms with E-state index >= 15 is 0 Å². The molecule has 0 aliphatic carbocycles. The van der Waals surface area contributed by atoms with Crippen LogP contribution in [0, 0.1) is 0 Å². The molecule has 0 fully saturated rings. The normalized spacial score (nSPS) is 10.2. The lowest BCUT2D eigenvalue weighted by molar-refractivity contribution is 0.0696. The van der Waals surface area contributed by atoms with Gasteiger partial charge in [0.15, 0.2) is 5.69 Å². The van der Waals surface area contributed by atoms with E-state index in [1.807, 2.05) is 24.3 Å². The Labute approximate surface area is 113 Å². The number of rotatable bonds is 5. The molecule has 1 heterocycles. The zero-order chi connectivity index (χ0) is 13.7. The number of ether oxygens (including phenoxy) is 1. The molecule has 0 spiro atoms. The van der Waals surface area contributed by atoms with Gasteiger partial charge in [-0.25, -0.2) is 5.48 Å². The third-order valence-electron chi connectivity index (χ3n) is 2.32. The fraction of sp³-hybridized carbons (Fsp3) is 0.167. The first kappa shape index (κ1) is 13.4. The minimum absolute atomic E-state index is 0.0451. The first-order valence-corrected chi connectivity index (χ1v) is 6.38. The quantitative estimate of drug-likeness (QED) is 0.495. The number of carbonyl (C=O) groups excluding carboxylic acids is 1. The molecule has 1 aromatic carbocycles. The topological polar surface area (TPSA) is 84.6 Å². The lowest BCUT2D eigenvalue weighted by Gasteiger charge is -2.02. The lowest BCUT2D eigenvalue weighted by atomic mass is 10.3. The fourth-order valence-corrected chi connectivity index (χ4v) is 2.21. The van der Waals surface area contributed by atoms with Gasteiger partial charge in [-0.2, -0.15) is 0 Å². The molecule has 2 aromatic rings. The number of aromatic nitrogens is 1. The number of methoxy groups -OCH3 is 1. The maximum absolute atomic E-state index is 11.1. The predicted octanol–water partition coefficient (Wildman–Crippen LogP) is 2.09. The van der Waals surface area contributed by atoms with Gasteiger partial charge in [0.1, 0.15) is 11.5 Å². The van der Waals surface area contributed by atoms with Crippen LogP contribution in [0.4, 0.5) is 0 Å². The smallest absolute Gasteiger partial charge is 0.296 e. The Kier molecular flexibility index (Phi) is 4.43. The van der Waals surface area contributed by atoms with Crippen LogP contribution < -0.4 is 10.2 Å². The molecule has 0 unspecified atom stereocenters. The van der Waals surface area contributed by atoms with Crippen molar-refractivity contribution < 1.29 is 19.3 Å². The van der Waals surface area contributed by atoms with Crippen LogP contribution in [0.2, 0.25) is 0 Å². The van der Waals surface area contributed by atoms with E-state index in [4.69, 9.17) is 14.5 Å². The third-order valence-corrected chi connectivity index (χ3v) is 3.33. The summed E-state index contributed by atoms with van der Waals surface area (Å²) in [6.45, 7) is 0. The SMILES string of the molecule is COc1cccc(SCc2cc(C(=O)NO)no2)c1. The summed E-state index contributed by atoms with van der Waals surface area (Å²) in [5.41, 5.74) is 1.54. The van der Waals surface area contributed by atoms with Crippen molar-refractivity contribution in [3.05, 3.63) is 41.8 Å². The molecule has 100 valence electrons. The highest BCUT2D eigenvalue weighted by Gasteiger charge is 2.11. The molecular weight excluding hydrogens is 268 g/mol. The minimum atomic E-state index is -0.693. The molecule has 2 N–H and O–H groups in total. The molecule has 0 radical (unpaired) electrons. The second-order valence-electron chi connectivity index (χ2n) is 3.59. The minimum Gasteiger partial charge on any atom is -0.497 e. The number of amides is 1. The number of nitrogens with one attached hydrogen (secondary N) is 1. The van der Waals surface area contributed by atoms with Crippen molar-refractivity contribution in [3.8, 4) is 5.75 Å². The maximum Gasteiger partial charge on any atom is 0.296 e. The van der Waals surface area contributed by atoms with E-state index < -0.39 is 5.91 Å². The highest BCUT2D eigenvalue weighted by atomic mass is 32.2. The zero-order valence-electron chi connectivity index (χ0n) is 10.1. The summed E-state index contributed by atoms with van der Waals surface area (Å²) in [5.74, 6) is 1.16. The number of hydrogen-bond donors (Lipinski definition) is 2. The van der Waals surface area contributed by atoms with Crippen LogP contribution in [0.5, 0.6) is 5.75 Å². The summed E-state index contributed by atoms with van der Waals surface area (Å²) < 4.78 is 10.1. The van der Waals surface area contributed by atoms with Crippen LogP contribution in [0.3, 0.4) is 0 Å². The first-order valence-electron chi connectivity index (χ1n) is 5.40. The lowest BCUT2D eigenvalue weighted by Crippen LogP contribution is -2.18. The second kappa shape index (κ2) is 6.26. The highest BCUT2D eigenvalue weighted by molar-refractivity contribution is 7.98. The Morgan fingerprint density at radius 1 is 1.53 bits per heavy atom. The van der Waals surface area contributed by atoms with Gasteiger partial charge in [0.05, 0.1) is 12.9 Å². The van der Waals surface area contributed by atoms with Crippen LogP contribution in [0.15, 0.2) is 39.8 Å². The predicted molar refractivity (Wildman–Crippen MR) is 68.3 cm³/mol. The summed E-state index contributed by atoms with van der Waals surface area (Å²) in [7, 11) is 1.61. The molecule has 1 aromatic heterocycles. The molecule has 0 saturated carbocycles. The Morgan fingerprint density at radius 3 is 3.11 bits per heavy atom. The molecule has 2 rings (SSSR count). The summed E-state index contributed by atoms with van der Waals surface area (Å²) >= 11 is 1.53. The molecule has 7 heteroatoms. The highest BCUT2D eigenvalue weighted by Crippen LogP contribution is 2.26. The summed E-state index contributed by atoms with van der Waals surface area (Å²) in [5, 5.41) is 12.0. The van der Waals surface area contributed by atoms with Gasteiger partial charge in [-0.1, -0.05) is 11.2 Å². The zero-order valence-corrected chi connectivity index (χ0v) is 10.9. The number of thioether (sulfide) groups is 1. The second-order valence-corrected chi connectivity index (χ2v) is 4.64. The van der Waals surface area contributed by atoms with Crippen molar-refractivity contribution in [1.29, 1.82) is 0 Å². The number of carbonyl (C=O) groups is 1. The number of nitrogens with zero attached hydrogens (tertiary/aromatic N) is 1. The third kappa shape index (κ3) is 3.49.